The molecule has 41 heavy (non-hydrogen) atoms. The summed E-state index contributed by atoms with van der Waals surface area (Å²) in [6, 6.07) is 19.9. The number of carbonyl (C=O) groups excluding carboxylic acids is 2. The van der Waals surface area contributed by atoms with Crippen LogP contribution in [0.25, 0.3) is 0 Å². The van der Waals surface area contributed by atoms with Gasteiger partial charge in [0, 0.05) is 49.9 Å². The minimum Gasteiger partial charge on any atom is -0.393 e. The second-order valence-electron chi connectivity index (χ2n) is 12.7. The van der Waals surface area contributed by atoms with Crippen molar-refractivity contribution in [2.24, 2.45) is 0 Å². The maximum Gasteiger partial charge on any atom is 0.321 e. The van der Waals surface area contributed by atoms with Gasteiger partial charge in [0.05, 0.1) is 12.1 Å². The van der Waals surface area contributed by atoms with Gasteiger partial charge in [-0.15, -0.1) is 0 Å². The summed E-state index contributed by atoms with van der Waals surface area (Å²) in [4.78, 5) is 33.5. The Labute approximate surface area is 244 Å². The normalized spacial score (nSPS) is 26.9. The molecule has 1 atom stereocenters. The van der Waals surface area contributed by atoms with Gasteiger partial charge >= 0.3 is 6.03 Å². The average Bonchev–Trinajstić information content (AvgIpc) is 3.37. The molecular weight excluding hydrogens is 512 g/mol. The number of nitrogens with one attached hydrogen (secondary N) is 1. The quantitative estimate of drug-likeness (QED) is 0.471. The number of amides is 3. The Kier molecular flexibility index (Phi) is 8.92. The van der Waals surface area contributed by atoms with E-state index in [-0.39, 0.29) is 36.2 Å². The highest BCUT2D eigenvalue weighted by molar-refractivity contribution is 5.94. The van der Waals surface area contributed by atoms with E-state index < -0.39 is 0 Å². The molecule has 0 aromatic heterocycles. The summed E-state index contributed by atoms with van der Waals surface area (Å²) in [5.41, 5.74) is 3.16. The molecule has 7 heteroatoms. The third-order valence-corrected chi connectivity index (χ3v) is 9.98. The van der Waals surface area contributed by atoms with Crippen LogP contribution >= 0.6 is 0 Å². The molecule has 2 heterocycles. The summed E-state index contributed by atoms with van der Waals surface area (Å²) >= 11 is 0. The van der Waals surface area contributed by atoms with Crippen LogP contribution in [0.2, 0.25) is 0 Å². The van der Waals surface area contributed by atoms with Gasteiger partial charge in [0.2, 0.25) is 0 Å². The van der Waals surface area contributed by atoms with Gasteiger partial charge in [-0.2, -0.15) is 0 Å². The molecule has 6 rings (SSSR count). The first-order valence-electron chi connectivity index (χ1n) is 16.0. The summed E-state index contributed by atoms with van der Waals surface area (Å²) in [6.45, 7) is 3.61. The topological polar surface area (TPSA) is 76.1 Å². The molecule has 4 aliphatic rings. The summed E-state index contributed by atoms with van der Waals surface area (Å²) in [6.07, 6.45) is 11.0. The van der Waals surface area contributed by atoms with Crippen LogP contribution in [0.5, 0.6) is 0 Å². The van der Waals surface area contributed by atoms with Crippen molar-refractivity contribution < 1.29 is 14.7 Å². The van der Waals surface area contributed by atoms with E-state index in [4.69, 9.17) is 0 Å². The van der Waals surface area contributed by atoms with Gasteiger partial charge in [-0.25, -0.2) is 4.79 Å². The molecule has 2 saturated carbocycles. The number of carbonyl (C=O) groups is 2. The molecule has 2 aromatic carbocycles. The Morgan fingerprint density at radius 1 is 0.805 bits per heavy atom. The van der Waals surface area contributed by atoms with Gasteiger partial charge in [0.15, 0.2) is 0 Å². The van der Waals surface area contributed by atoms with Crippen LogP contribution < -0.4 is 5.32 Å². The van der Waals surface area contributed by atoms with Gasteiger partial charge < -0.3 is 20.2 Å². The standard InChI is InChI=1S/C34H46N4O3/c39-31-17-15-28(16-18-31)35-33(40)27-13-11-25(12-14-27)23-36-21-19-30(20-22-36)38-32(26-7-3-1-4-8-26)24-37(34(38)41)29-9-5-2-6-10-29/h1,3-4,7-8,11-14,28-32,39H,2,5-6,9-10,15-24H2,(H,35,40)/t28?,31?,32-/m0/s1. The van der Waals surface area contributed by atoms with Crippen molar-refractivity contribution in [3.8, 4) is 0 Å². The smallest absolute Gasteiger partial charge is 0.321 e. The van der Waals surface area contributed by atoms with E-state index in [0.29, 0.717) is 11.6 Å². The fourth-order valence-electron chi connectivity index (χ4n) is 7.55. The zero-order chi connectivity index (χ0) is 28.2. The Balaban J connectivity index is 1.04. The Bertz CT molecular complexity index is 1150. The summed E-state index contributed by atoms with van der Waals surface area (Å²) in [5.74, 6) is -0.0238. The van der Waals surface area contributed by atoms with E-state index in [0.717, 1.165) is 77.5 Å². The lowest BCUT2D eigenvalue weighted by molar-refractivity contribution is 0.0867. The van der Waals surface area contributed by atoms with Crippen molar-refractivity contribution in [1.82, 2.24) is 20.0 Å². The maximum atomic E-state index is 13.9. The van der Waals surface area contributed by atoms with E-state index in [9.17, 15) is 14.7 Å². The average molecular weight is 559 g/mol. The third kappa shape index (κ3) is 6.62. The Morgan fingerprint density at radius 3 is 2.17 bits per heavy atom. The van der Waals surface area contributed by atoms with Gasteiger partial charge in [-0.1, -0.05) is 61.7 Å². The number of hydrogen-bond donors (Lipinski definition) is 2. The number of aliphatic hydroxyl groups is 1. The SMILES string of the molecule is O=C(NC1CCC(O)CC1)c1ccc(CN2CCC(N3C(=O)N(C4CCCCC4)C[C@H]3c3ccccc3)CC2)cc1. The number of piperidine rings is 1. The van der Waals surface area contributed by atoms with Crippen molar-refractivity contribution in [3.05, 3.63) is 71.3 Å². The molecule has 3 amide bonds. The number of nitrogens with zero attached hydrogens (tertiary/aromatic N) is 3. The summed E-state index contributed by atoms with van der Waals surface area (Å²) in [5, 5.41) is 12.8. The molecule has 0 bridgehead atoms. The predicted molar refractivity (Wildman–Crippen MR) is 160 cm³/mol. The van der Waals surface area contributed by atoms with E-state index in [1.165, 1.54) is 30.4 Å². The largest absolute Gasteiger partial charge is 0.393 e. The number of benzene rings is 2. The number of urea groups is 1. The molecule has 4 fully saturated rings. The van der Waals surface area contributed by atoms with Crippen LogP contribution in [0.1, 0.15) is 98.2 Å². The van der Waals surface area contributed by atoms with E-state index in [2.05, 4.69) is 62.5 Å². The van der Waals surface area contributed by atoms with E-state index in [1.807, 2.05) is 12.1 Å². The van der Waals surface area contributed by atoms with Gasteiger partial charge in [0.25, 0.3) is 5.91 Å². The maximum absolute atomic E-state index is 13.9. The number of likely N-dealkylation sites (tertiary alicyclic amines) is 1. The molecule has 0 unspecified atom stereocenters. The van der Waals surface area contributed by atoms with E-state index >= 15 is 0 Å². The van der Waals surface area contributed by atoms with Crippen molar-refractivity contribution in [1.29, 1.82) is 0 Å². The lowest BCUT2D eigenvalue weighted by Crippen LogP contribution is -2.48. The molecule has 7 nitrogen and oxygen atoms in total. The molecular formula is C34H46N4O3. The fourth-order valence-corrected chi connectivity index (χ4v) is 7.55. The van der Waals surface area contributed by atoms with Crippen molar-refractivity contribution in [3.63, 3.8) is 0 Å². The zero-order valence-corrected chi connectivity index (χ0v) is 24.3. The van der Waals surface area contributed by atoms with Crippen LogP contribution in [0, 0.1) is 0 Å². The minimum atomic E-state index is -0.218. The van der Waals surface area contributed by atoms with Crippen LogP contribution in [-0.4, -0.2) is 75.6 Å². The van der Waals surface area contributed by atoms with Gasteiger partial charge in [-0.05, 0) is 74.6 Å². The van der Waals surface area contributed by atoms with Crippen molar-refractivity contribution in [2.75, 3.05) is 19.6 Å². The summed E-state index contributed by atoms with van der Waals surface area (Å²) < 4.78 is 0. The number of aliphatic hydroxyl groups excluding tert-OH is 1. The number of rotatable bonds is 7. The van der Waals surface area contributed by atoms with Gasteiger partial charge in [-0.3, -0.25) is 9.69 Å². The van der Waals surface area contributed by atoms with Crippen LogP contribution in [0.15, 0.2) is 54.6 Å². The molecule has 2 aromatic rings. The zero-order valence-electron chi connectivity index (χ0n) is 24.3. The Morgan fingerprint density at radius 2 is 1.49 bits per heavy atom. The summed E-state index contributed by atoms with van der Waals surface area (Å²) in [7, 11) is 0. The monoisotopic (exact) mass is 558 g/mol. The highest BCUT2D eigenvalue weighted by Crippen LogP contribution is 2.38. The molecule has 2 aliphatic heterocycles. The lowest BCUT2D eigenvalue weighted by atomic mass is 9.93. The Hall–Kier alpha value is -2.90. The highest BCUT2D eigenvalue weighted by atomic mass is 16.3. The van der Waals surface area contributed by atoms with Crippen LogP contribution in [0.4, 0.5) is 4.79 Å². The second-order valence-corrected chi connectivity index (χ2v) is 12.7. The fraction of sp³-hybridized carbons (Fsp3) is 0.588. The van der Waals surface area contributed by atoms with E-state index in [1.54, 1.807) is 0 Å². The second kappa shape index (κ2) is 13.0. The molecule has 2 N–H and O–H groups in total. The molecule has 0 spiro atoms. The van der Waals surface area contributed by atoms with Crippen LogP contribution in [-0.2, 0) is 6.54 Å². The van der Waals surface area contributed by atoms with Gasteiger partial charge in [0.1, 0.15) is 0 Å². The molecule has 2 saturated heterocycles. The predicted octanol–water partition coefficient (Wildman–Crippen LogP) is 5.50. The van der Waals surface area contributed by atoms with Crippen molar-refractivity contribution >= 4 is 11.9 Å². The first-order valence-corrected chi connectivity index (χ1v) is 16.0. The molecule has 220 valence electrons. The van der Waals surface area contributed by atoms with Crippen LogP contribution in [0.3, 0.4) is 0 Å². The molecule has 0 radical (unpaired) electrons. The molecule has 2 aliphatic carbocycles. The lowest BCUT2D eigenvalue weighted by Gasteiger charge is -2.39. The third-order valence-electron chi connectivity index (χ3n) is 9.98. The minimum absolute atomic E-state index is 0.0238. The first kappa shape index (κ1) is 28.2. The van der Waals surface area contributed by atoms with Crippen molar-refractivity contribution in [2.45, 2.75) is 107 Å². The first-order chi connectivity index (χ1) is 20.0. The highest BCUT2D eigenvalue weighted by Gasteiger charge is 2.45. The number of hydrogen-bond acceptors (Lipinski definition) is 4.